The van der Waals surface area contributed by atoms with E-state index in [-0.39, 0.29) is 72.6 Å². The fourth-order valence-electron chi connectivity index (χ4n) is 8.95. The fraction of sp³-hybridized carbons (Fsp3) is 0.892. The second-order valence-corrected chi connectivity index (χ2v) is 16.1. The molecule has 268 valence electrons. The lowest BCUT2D eigenvalue weighted by molar-refractivity contribution is -0.400. The highest BCUT2D eigenvalue weighted by Crippen LogP contribution is 2.54. The molecule has 0 saturated carbocycles. The number of ether oxygens (including phenoxy) is 5. The van der Waals surface area contributed by atoms with E-state index in [9.17, 15) is 24.9 Å². The minimum absolute atomic E-state index is 0.0204. The molecule has 0 aromatic carbocycles. The van der Waals surface area contributed by atoms with Gasteiger partial charge in [-0.05, 0) is 70.3 Å². The number of carboxylic acids is 1. The molecule has 5 heterocycles. The number of hydrogen-bond donors (Lipinski definition) is 3. The van der Waals surface area contributed by atoms with Gasteiger partial charge in [-0.2, -0.15) is 0 Å². The molecule has 10 heteroatoms. The predicted molar refractivity (Wildman–Crippen MR) is 174 cm³/mol. The summed E-state index contributed by atoms with van der Waals surface area (Å²) in [6.07, 6.45) is 6.47. The van der Waals surface area contributed by atoms with Gasteiger partial charge in [0.05, 0.1) is 54.7 Å². The molecule has 5 aliphatic rings. The van der Waals surface area contributed by atoms with Crippen molar-refractivity contribution >= 4 is 11.8 Å². The van der Waals surface area contributed by atoms with Crippen molar-refractivity contribution in [3.05, 3.63) is 12.2 Å². The Balaban J connectivity index is 1.25. The number of Topliss-reactive ketones (excluding diaryl/α,β-unsaturated/α-hetero) is 1. The minimum atomic E-state index is -1.05. The highest BCUT2D eigenvalue weighted by atomic mass is 16.8. The quantitative estimate of drug-likeness (QED) is 0.274. The summed E-state index contributed by atoms with van der Waals surface area (Å²) < 4.78 is 33.2. The van der Waals surface area contributed by atoms with Crippen LogP contribution in [0.1, 0.15) is 113 Å². The zero-order valence-corrected chi connectivity index (χ0v) is 29.7. The molecule has 0 amide bonds. The highest BCUT2D eigenvalue weighted by Gasteiger charge is 2.61. The van der Waals surface area contributed by atoms with E-state index in [1.807, 2.05) is 19.9 Å². The Morgan fingerprint density at radius 3 is 2.34 bits per heavy atom. The summed E-state index contributed by atoms with van der Waals surface area (Å²) in [5, 5.41) is 30.9. The summed E-state index contributed by atoms with van der Waals surface area (Å²) in [7, 11) is 0. The molecule has 0 aromatic rings. The standard InChI is InChI=1S/C37H60O10/c1-20-9-10-27(18-32(40)41)44-34(20)25(6)33(42)24(5)29(39)19-30-21(2)17-23(4)36(45-30)14-13-22(3)37(47-36)16-15-35(8,46-37)31-12-11-28(38)26(7)43-31/h13-14,20-28,30-31,33-34,38,42H,9-12,15-19H2,1-8H3,(H,40,41)/t20-,21-,22+,23+,24+,25-,26-,27+,28+,30+,31+,33+,34+,35-,36-,37-/m0/s1. The van der Waals surface area contributed by atoms with Crippen LogP contribution in [-0.2, 0) is 33.3 Å². The molecule has 0 radical (unpaired) electrons. The van der Waals surface area contributed by atoms with E-state index in [0.29, 0.717) is 19.3 Å². The second-order valence-electron chi connectivity index (χ2n) is 16.1. The van der Waals surface area contributed by atoms with Crippen LogP contribution in [0.25, 0.3) is 0 Å². The first kappa shape index (κ1) is 36.9. The van der Waals surface area contributed by atoms with Gasteiger partial charge in [0.2, 0.25) is 0 Å². The molecule has 0 aliphatic carbocycles. The molecule has 3 N–H and O–H groups in total. The smallest absolute Gasteiger partial charge is 0.305 e. The summed E-state index contributed by atoms with van der Waals surface area (Å²) in [4.78, 5) is 25.1. The van der Waals surface area contributed by atoms with E-state index < -0.39 is 47.4 Å². The molecular formula is C37H60O10. The molecule has 5 aliphatic heterocycles. The summed E-state index contributed by atoms with van der Waals surface area (Å²) in [6.45, 7) is 16.1. The molecule has 2 spiro atoms. The molecular weight excluding hydrogens is 604 g/mol. The largest absolute Gasteiger partial charge is 0.481 e. The van der Waals surface area contributed by atoms with Gasteiger partial charge in [-0.25, -0.2) is 0 Å². The lowest BCUT2D eigenvalue weighted by atomic mass is 9.77. The maximum Gasteiger partial charge on any atom is 0.305 e. The molecule has 0 unspecified atom stereocenters. The van der Waals surface area contributed by atoms with Crippen LogP contribution in [0.3, 0.4) is 0 Å². The SMILES string of the molecule is C[C@@H]([C@H](O)[C@H](C)C(=O)C[C@H]1O[C@]2(C=C[C@@H](C)[C@]3(CC[C@@](C)([C@H]4CC[C@@H](O)[C@H](C)O4)O3)O2)[C@H](C)C[C@@H]1C)[C@@H]1O[C@@H](CC(=O)O)CC[C@@H]1C. The van der Waals surface area contributed by atoms with E-state index in [1.54, 1.807) is 6.92 Å². The van der Waals surface area contributed by atoms with Crippen LogP contribution >= 0.6 is 0 Å². The van der Waals surface area contributed by atoms with Gasteiger partial charge in [-0.15, -0.1) is 0 Å². The Bertz CT molecular complexity index is 1160. The molecule has 0 aromatic heterocycles. The van der Waals surface area contributed by atoms with E-state index in [2.05, 4.69) is 40.7 Å². The van der Waals surface area contributed by atoms with Crippen LogP contribution in [-0.4, -0.2) is 87.0 Å². The molecule has 47 heavy (non-hydrogen) atoms. The van der Waals surface area contributed by atoms with E-state index in [1.165, 1.54) is 0 Å². The lowest BCUT2D eigenvalue weighted by Gasteiger charge is -2.53. The highest BCUT2D eigenvalue weighted by molar-refractivity contribution is 5.81. The Hall–Kier alpha value is -1.40. The normalized spacial score (nSPS) is 47.5. The number of aliphatic hydroxyl groups excluding tert-OH is 2. The Kier molecular flexibility index (Phi) is 11.0. The summed E-state index contributed by atoms with van der Waals surface area (Å²) in [6, 6.07) is 0. The molecule has 16 atom stereocenters. The number of ketones is 1. The molecule has 10 nitrogen and oxygen atoms in total. The number of rotatable bonds is 9. The van der Waals surface area contributed by atoms with Crippen molar-refractivity contribution in [3.8, 4) is 0 Å². The van der Waals surface area contributed by atoms with Crippen molar-refractivity contribution < 1.29 is 48.6 Å². The van der Waals surface area contributed by atoms with Crippen molar-refractivity contribution in [1.82, 2.24) is 0 Å². The third-order valence-corrected chi connectivity index (χ3v) is 12.5. The predicted octanol–water partition coefficient (Wildman–Crippen LogP) is 5.41. The number of aliphatic hydroxyl groups is 2. The number of carboxylic acid groups (broad SMARTS) is 1. The van der Waals surface area contributed by atoms with Crippen molar-refractivity contribution in [2.24, 2.45) is 35.5 Å². The Labute approximate surface area is 280 Å². The summed E-state index contributed by atoms with van der Waals surface area (Å²) in [5.41, 5.74) is -0.564. The fourth-order valence-corrected chi connectivity index (χ4v) is 8.95. The van der Waals surface area contributed by atoms with Gasteiger partial charge in [-0.3, -0.25) is 9.59 Å². The average molecular weight is 665 g/mol. The number of carbonyl (C=O) groups excluding carboxylic acids is 1. The number of hydrogen-bond acceptors (Lipinski definition) is 9. The first-order chi connectivity index (χ1) is 22.0. The van der Waals surface area contributed by atoms with E-state index >= 15 is 0 Å². The number of carbonyl (C=O) groups is 2. The zero-order chi connectivity index (χ0) is 34.5. The van der Waals surface area contributed by atoms with Gasteiger partial charge in [0.1, 0.15) is 5.78 Å². The van der Waals surface area contributed by atoms with Crippen molar-refractivity contribution in [1.29, 1.82) is 0 Å². The van der Waals surface area contributed by atoms with Gasteiger partial charge in [0.15, 0.2) is 11.6 Å². The monoisotopic (exact) mass is 664 g/mol. The van der Waals surface area contributed by atoms with Crippen LogP contribution in [0.4, 0.5) is 0 Å². The molecule has 0 bridgehead atoms. The van der Waals surface area contributed by atoms with Gasteiger partial charge >= 0.3 is 5.97 Å². The third kappa shape index (κ3) is 7.40. The minimum Gasteiger partial charge on any atom is -0.481 e. The second kappa shape index (κ2) is 14.1. The van der Waals surface area contributed by atoms with Gasteiger partial charge < -0.3 is 39.0 Å². The molecule has 4 saturated heterocycles. The maximum absolute atomic E-state index is 13.8. The average Bonchev–Trinajstić information content (AvgIpc) is 3.36. The number of aliphatic carboxylic acids is 1. The summed E-state index contributed by atoms with van der Waals surface area (Å²) in [5.74, 6) is -3.64. The molecule has 4 fully saturated rings. The zero-order valence-electron chi connectivity index (χ0n) is 29.7. The van der Waals surface area contributed by atoms with Crippen LogP contribution < -0.4 is 0 Å². The van der Waals surface area contributed by atoms with Crippen molar-refractivity contribution in [3.63, 3.8) is 0 Å². The van der Waals surface area contributed by atoms with E-state index in [4.69, 9.17) is 23.7 Å². The van der Waals surface area contributed by atoms with Crippen LogP contribution in [0.5, 0.6) is 0 Å². The van der Waals surface area contributed by atoms with Crippen molar-refractivity contribution in [2.45, 2.75) is 173 Å². The Morgan fingerprint density at radius 2 is 1.66 bits per heavy atom. The first-order valence-electron chi connectivity index (χ1n) is 18.2. The molecule has 5 rings (SSSR count). The van der Waals surface area contributed by atoms with Crippen LogP contribution in [0.2, 0.25) is 0 Å². The maximum atomic E-state index is 13.8. The van der Waals surface area contributed by atoms with Crippen molar-refractivity contribution in [2.75, 3.05) is 0 Å². The van der Waals surface area contributed by atoms with Crippen LogP contribution in [0, 0.1) is 35.5 Å². The Morgan fingerprint density at radius 1 is 0.936 bits per heavy atom. The lowest BCUT2D eigenvalue weighted by Crippen LogP contribution is -2.60. The summed E-state index contributed by atoms with van der Waals surface area (Å²) >= 11 is 0. The van der Waals surface area contributed by atoms with Gasteiger partial charge in [0, 0.05) is 36.5 Å². The van der Waals surface area contributed by atoms with Gasteiger partial charge in [0.25, 0.3) is 0 Å². The van der Waals surface area contributed by atoms with Gasteiger partial charge in [-0.1, -0.05) is 47.6 Å². The third-order valence-electron chi connectivity index (χ3n) is 12.5. The first-order valence-corrected chi connectivity index (χ1v) is 18.2. The van der Waals surface area contributed by atoms with E-state index in [0.717, 1.165) is 25.7 Å². The van der Waals surface area contributed by atoms with Crippen LogP contribution in [0.15, 0.2) is 12.2 Å². The topological polar surface area (TPSA) is 141 Å².